The highest BCUT2D eigenvalue weighted by molar-refractivity contribution is 5.97. The van der Waals surface area contributed by atoms with Gasteiger partial charge in [-0.05, 0) is 33.4 Å². The molecule has 0 amide bonds. The van der Waals surface area contributed by atoms with Crippen molar-refractivity contribution in [3.05, 3.63) is 118 Å². The van der Waals surface area contributed by atoms with Crippen molar-refractivity contribution in [1.82, 2.24) is 0 Å². The molecule has 3 aromatic carbocycles. The predicted octanol–water partition coefficient (Wildman–Crippen LogP) is 3.64. The van der Waals surface area contributed by atoms with Gasteiger partial charge in [0.1, 0.15) is 5.41 Å². The van der Waals surface area contributed by atoms with E-state index in [4.69, 9.17) is 0 Å². The zero-order chi connectivity index (χ0) is 22.9. The monoisotopic (exact) mass is 433 g/mol. The molecule has 1 N–H and O–H groups in total. The SMILES string of the molecule is O=C(O)C12c3cc([N+](=O)[O-])ccc3C(c3ccc([N+](=O)[O-])cc31)c1ccc([N+](=O)[O-])cc12. The van der Waals surface area contributed by atoms with Crippen molar-refractivity contribution in [3.63, 3.8) is 0 Å². The Morgan fingerprint density at radius 1 is 0.688 bits per heavy atom. The Balaban J connectivity index is 1.97. The number of carboxylic acids is 1. The van der Waals surface area contributed by atoms with Crippen LogP contribution in [0.4, 0.5) is 17.1 Å². The molecular weight excluding hydrogens is 422 g/mol. The van der Waals surface area contributed by atoms with E-state index >= 15 is 0 Å². The van der Waals surface area contributed by atoms with Gasteiger partial charge in [0, 0.05) is 42.3 Å². The number of carbonyl (C=O) groups is 1. The second kappa shape index (κ2) is 6.17. The lowest BCUT2D eigenvalue weighted by Gasteiger charge is -2.47. The van der Waals surface area contributed by atoms with Crippen molar-refractivity contribution in [2.24, 2.45) is 0 Å². The van der Waals surface area contributed by atoms with Crippen LogP contribution in [-0.2, 0) is 10.2 Å². The summed E-state index contributed by atoms with van der Waals surface area (Å²) in [6.45, 7) is 0. The van der Waals surface area contributed by atoms with Gasteiger partial charge in [-0.1, -0.05) is 18.2 Å². The molecule has 0 unspecified atom stereocenters. The number of nitrogens with zero attached hydrogens (tertiary/aromatic N) is 3. The van der Waals surface area contributed by atoms with Crippen LogP contribution in [0, 0.1) is 30.3 Å². The highest BCUT2D eigenvalue weighted by Gasteiger charge is 2.58. The minimum absolute atomic E-state index is 0.0743. The standard InChI is InChI=1S/C21H11N3O8/c25-20(26)21-16-7-10(22(27)28)1-4-13(16)19(14-5-2-11(23(29)30)8-17(14)21)15-6-3-12(24(31)32)9-18(15)21/h1-9,19H,(H,25,26). The number of hydrogen-bond donors (Lipinski definition) is 1. The zero-order valence-electron chi connectivity index (χ0n) is 15.9. The van der Waals surface area contributed by atoms with Crippen LogP contribution in [0.25, 0.3) is 0 Å². The number of non-ortho nitro benzene ring substituents is 3. The lowest BCUT2D eigenvalue weighted by Crippen LogP contribution is -2.48. The third-order valence-corrected chi connectivity index (χ3v) is 6.21. The lowest BCUT2D eigenvalue weighted by molar-refractivity contribution is -0.385. The fraction of sp³-hybridized carbons (Fsp3) is 0.0952. The van der Waals surface area contributed by atoms with Crippen molar-refractivity contribution in [3.8, 4) is 0 Å². The molecule has 0 atom stereocenters. The van der Waals surface area contributed by atoms with E-state index in [0.29, 0.717) is 16.7 Å². The van der Waals surface area contributed by atoms with Gasteiger partial charge in [0.25, 0.3) is 17.1 Å². The number of nitro groups is 3. The Bertz CT molecular complexity index is 1260. The normalized spacial score (nSPS) is 19.4. The molecule has 3 aliphatic rings. The Morgan fingerprint density at radius 2 is 1.00 bits per heavy atom. The predicted molar refractivity (Wildman–Crippen MR) is 108 cm³/mol. The first-order valence-corrected chi connectivity index (χ1v) is 9.27. The highest BCUT2D eigenvalue weighted by atomic mass is 16.6. The van der Waals surface area contributed by atoms with E-state index in [1.54, 1.807) is 0 Å². The smallest absolute Gasteiger partial charge is 0.323 e. The largest absolute Gasteiger partial charge is 0.480 e. The molecule has 2 bridgehead atoms. The summed E-state index contributed by atoms with van der Waals surface area (Å²) in [7, 11) is 0. The van der Waals surface area contributed by atoms with Crippen LogP contribution >= 0.6 is 0 Å². The van der Waals surface area contributed by atoms with Gasteiger partial charge < -0.3 is 5.11 Å². The minimum atomic E-state index is -2.08. The molecule has 32 heavy (non-hydrogen) atoms. The van der Waals surface area contributed by atoms with Crippen molar-refractivity contribution in [1.29, 1.82) is 0 Å². The van der Waals surface area contributed by atoms with Crippen LogP contribution in [0.3, 0.4) is 0 Å². The molecule has 0 aliphatic heterocycles. The minimum Gasteiger partial charge on any atom is -0.480 e. The topological polar surface area (TPSA) is 167 Å². The summed E-state index contributed by atoms with van der Waals surface area (Å²) >= 11 is 0. The van der Waals surface area contributed by atoms with Gasteiger partial charge in [0.05, 0.1) is 14.8 Å². The summed E-state index contributed by atoms with van der Waals surface area (Å²) in [5.74, 6) is -2.03. The highest BCUT2D eigenvalue weighted by Crippen LogP contribution is 2.60. The molecule has 11 nitrogen and oxygen atoms in total. The molecule has 0 spiro atoms. The zero-order valence-corrected chi connectivity index (χ0v) is 15.9. The Hall–Kier alpha value is -4.67. The van der Waals surface area contributed by atoms with Gasteiger partial charge in [-0.15, -0.1) is 0 Å². The fourth-order valence-electron chi connectivity index (χ4n) is 4.99. The third kappa shape index (κ3) is 2.21. The van der Waals surface area contributed by atoms with E-state index in [1.807, 2.05) is 0 Å². The van der Waals surface area contributed by atoms with Crippen molar-refractivity contribution >= 4 is 23.0 Å². The number of hydrogen-bond acceptors (Lipinski definition) is 7. The van der Waals surface area contributed by atoms with Crippen molar-refractivity contribution in [2.45, 2.75) is 11.3 Å². The molecular formula is C21H11N3O8. The molecule has 0 saturated heterocycles. The molecule has 3 aromatic rings. The molecule has 3 aliphatic carbocycles. The fourth-order valence-corrected chi connectivity index (χ4v) is 4.99. The molecule has 6 rings (SSSR count). The number of aliphatic carboxylic acids is 1. The average molecular weight is 433 g/mol. The van der Waals surface area contributed by atoms with Gasteiger partial charge in [-0.25, -0.2) is 0 Å². The van der Waals surface area contributed by atoms with Crippen LogP contribution in [0.2, 0.25) is 0 Å². The third-order valence-electron chi connectivity index (χ3n) is 6.21. The lowest BCUT2D eigenvalue weighted by atomic mass is 9.52. The first-order valence-electron chi connectivity index (χ1n) is 9.27. The second-order valence-corrected chi connectivity index (χ2v) is 7.57. The Morgan fingerprint density at radius 3 is 1.25 bits per heavy atom. The van der Waals surface area contributed by atoms with Crippen LogP contribution < -0.4 is 0 Å². The van der Waals surface area contributed by atoms with E-state index in [1.165, 1.54) is 36.4 Å². The molecule has 0 radical (unpaired) electrons. The van der Waals surface area contributed by atoms with E-state index in [-0.39, 0.29) is 33.8 Å². The summed E-state index contributed by atoms with van der Waals surface area (Å²) in [5, 5.41) is 44.8. The van der Waals surface area contributed by atoms with Crippen LogP contribution in [0.5, 0.6) is 0 Å². The first kappa shape index (κ1) is 19.3. The molecule has 0 aromatic heterocycles. The maximum Gasteiger partial charge on any atom is 0.323 e. The first-order chi connectivity index (χ1) is 15.2. The second-order valence-electron chi connectivity index (χ2n) is 7.57. The molecule has 158 valence electrons. The van der Waals surface area contributed by atoms with Gasteiger partial charge in [0.15, 0.2) is 0 Å². The Labute approximate surface area is 178 Å². The van der Waals surface area contributed by atoms with E-state index < -0.39 is 32.1 Å². The van der Waals surface area contributed by atoms with E-state index in [9.17, 15) is 40.2 Å². The van der Waals surface area contributed by atoms with Crippen LogP contribution in [-0.4, -0.2) is 25.8 Å². The Kier molecular flexibility index (Phi) is 3.72. The van der Waals surface area contributed by atoms with E-state index in [0.717, 1.165) is 18.2 Å². The number of nitro benzene ring substituents is 3. The van der Waals surface area contributed by atoms with Crippen molar-refractivity contribution in [2.75, 3.05) is 0 Å². The van der Waals surface area contributed by atoms with E-state index in [2.05, 4.69) is 0 Å². The average Bonchev–Trinajstić information content (AvgIpc) is 2.77. The molecule has 0 heterocycles. The number of rotatable bonds is 4. The van der Waals surface area contributed by atoms with Crippen molar-refractivity contribution < 1.29 is 24.7 Å². The maximum atomic E-state index is 13.0. The molecule has 11 heteroatoms. The van der Waals surface area contributed by atoms with Crippen LogP contribution in [0.1, 0.15) is 39.3 Å². The summed E-state index contributed by atoms with van der Waals surface area (Å²) < 4.78 is 0. The summed E-state index contributed by atoms with van der Waals surface area (Å²) in [6, 6.07) is 11.7. The van der Waals surface area contributed by atoms with Crippen LogP contribution in [0.15, 0.2) is 54.6 Å². The summed E-state index contributed by atoms with van der Waals surface area (Å²) in [5.41, 5.74) is -1.41. The maximum absolute atomic E-state index is 13.0. The van der Waals surface area contributed by atoms with Gasteiger partial charge in [0.2, 0.25) is 0 Å². The number of carboxylic acid groups (broad SMARTS) is 1. The van der Waals surface area contributed by atoms with Gasteiger partial charge in [-0.3, -0.25) is 35.1 Å². The van der Waals surface area contributed by atoms with Gasteiger partial charge in [-0.2, -0.15) is 0 Å². The summed E-state index contributed by atoms with van der Waals surface area (Å²) in [6.07, 6.45) is 0. The summed E-state index contributed by atoms with van der Waals surface area (Å²) in [4.78, 5) is 45.2. The number of benzene rings is 3. The molecule has 0 saturated carbocycles. The quantitative estimate of drug-likeness (QED) is 0.481. The molecule has 0 fully saturated rings. The van der Waals surface area contributed by atoms with Gasteiger partial charge >= 0.3 is 5.97 Å².